The molecule has 0 fully saturated rings. The summed E-state index contributed by atoms with van der Waals surface area (Å²) in [5.41, 5.74) is 1.02. The van der Waals surface area contributed by atoms with Gasteiger partial charge in [-0.2, -0.15) is 0 Å². The molecule has 96 valence electrons. The predicted molar refractivity (Wildman–Crippen MR) is 86.3 cm³/mol. The van der Waals surface area contributed by atoms with Gasteiger partial charge in [0.05, 0.1) is 11.1 Å². The summed E-state index contributed by atoms with van der Waals surface area (Å²) in [6, 6.07) is 6.99. The van der Waals surface area contributed by atoms with Gasteiger partial charge in [-0.1, -0.05) is 57.3 Å². The second-order valence-corrected chi connectivity index (χ2v) is 5.96. The van der Waals surface area contributed by atoms with E-state index < -0.39 is 0 Å². The fourth-order valence-corrected chi connectivity index (χ4v) is 3.05. The molecule has 4 nitrogen and oxygen atoms in total. The number of carbonyl (C=O) groups is 2. The third-order valence-corrected chi connectivity index (χ3v) is 3.71. The molecule has 0 saturated heterocycles. The summed E-state index contributed by atoms with van der Waals surface area (Å²) in [6.07, 6.45) is 0. The van der Waals surface area contributed by atoms with Gasteiger partial charge in [-0.3, -0.25) is 9.59 Å². The number of fused-ring (bicyclic) bond motifs is 1. The minimum Gasteiger partial charge on any atom is -0.267 e. The molecule has 1 aliphatic heterocycles. The summed E-state index contributed by atoms with van der Waals surface area (Å²) < 4.78 is 1.75. The zero-order valence-electron chi connectivity index (χ0n) is 9.60. The number of nitrogens with zero attached hydrogens (tertiary/aromatic N) is 2. The van der Waals surface area contributed by atoms with Crippen molar-refractivity contribution in [3.8, 4) is 0 Å². The fourth-order valence-electron chi connectivity index (χ4n) is 1.94. The van der Waals surface area contributed by atoms with Crippen LogP contribution in [0.5, 0.6) is 0 Å². The molecule has 2 rings (SSSR count). The third-order valence-electron chi connectivity index (χ3n) is 2.74. The Hall–Kier alpha value is -0.220. The number of carbonyl (C=O) groups excluding carboxylic acids is 2. The van der Waals surface area contributed by atoms with Crippen molar-refractivity contribution in [1.29, 1.82) is 0 Å². The van der Waals surface area contributed by atoms with Crippen LogP contribution in [0.1, 0.15) is 20.7 Å². The van der Waals surface area contributed by atoms with E-state index in [0.717, 1.165) is 8.86 Å². The molecule has 1 aromatic rings. The summed E-state index contributed by atoms with van der Waals surface area (Å²) in [5.74, 6) is -0.407. The van der Waals surface area contributed by atoms with Gasteiger partial charge in [0, 0.05) is 21.9 Å². The largest absolute Gasteiger partial charge is 0.276 e. The summed E-state index contributed by atoms with van der Waals surface area (Å²) >= 11 is 4.50. The van der Waals surface area contributed by atoms with Gasteiger partial charge in [0.25, 0.3) is 11.8 Å². The van der Waals surface area contributed by atoms with Crippen LogP contribution < -0.4 is 0 Å². The number of hydrazine groups is 1. The van der Waals surface area contributed by atoms with Crippen LogP contribution in [0, 0.1) is 0 Å². The maximum absolute atomic E-state index is 12.3. The second-order valence-electron chi connectivity index (χ2n) is 3.80. The van der Waals surface area contributed by atoms with Crippen molar-refractivity contribution in [1.82, 2.24) is 10.0 Å². The van der Waals surface area contributed by atoms with Gasteiger partial charge in [-0.25, -0.2) is 10.0 Å². The van der Waals surface area contributed by atoms with Gasteiger partial charge in [0.15, 0.2) is 0 Å². The molecule has 0 unspecified atom stereocenters. The highest BCUT2D eigenvalue weighted by Crippen LogP contribution is 2.24. The highest BCUT2D eigenvalue weighted by atomic mass is 127. The lowest BCUT2D eigenvalue weighted by molar-refractivity contribution is 0.00770. The lowest BCUT2D eigenvalue weighted by atomic mass is 10.1. The van der Waals surface area contributed by atoms with E-state index in [9.17, 15) is 9.59 Å². The fraction of sp³-hybridized carbons (Fsp3) is 0.333. The lowest BCUT2D eigenvalue weighted by Crippen LogP contribution is -2.48. The van der Waals surface area contributed by atoms with Crippen LogP contribution in [0.2, 0.25) is 0 Å². The Bertz CT molecular complexity index is 438. The average Bonchev–Trinajstić information content (AvgIpc) is 2.63. The summed E-state index contributed by atoms with van der Waals surface area (Å²) in [4.78, 5) is 24.5. The molecule has 1 aromatic carbocycles. The zero-order chi connectivity index (χ0) is 13.1. The Balaban J connectivity index is 2.31. The summed E-state index contributed by atoms with van der Waals surface area (Å²) in [5, 5.41) is 3.13. The van der Waals surface area contributed by atoms with Crippen molar-refractivity contribution in [3.05, 3.63) is 35.4 Å². The van der Waals surface area contributed by atoms with Crippen molar-refractivity contribution in [2.75, 3.05) is 21.9 Å². The molecule has 6 heteroatoms. The van der Waals surface area contributed by atoms with E-state index in [1.54, 1.807) is 24.3 Å². The Morgan fingerprint density at radius 2 is 1.39 bits per heavy atom. The van der Waals surface area contributed by atoms with Crippen LogP contribution in [0.4, 0.5) is 0 Å². The van der Waals surface area contributed by atoms with Gasteiger partial charge in [-0.05, 0) is 12.1 Å². The Morgan fingerprint density at radius 1 is 0.944 bits per heavy atom. The monoisotopic (exact) mass is 470 g/mol. The molecule has 0 saturated carbocycles. The highest BCUT2D eigenvalue weighted by Gasteiger charge is 2.38. The normalized spacial score (nSPS) is 14.5. The van der Waals surface area contributed by atoms with Gasteiger partial charge in [0.1, 0.15) is 0 Å². The minimum atomic E-state index is -0.203. The second kappa shape index (κ2) is 6.29. The number of imide groups is 1. The Labute approximate surface area is 133 Å². The Kier molecular flexibility index (Phi) is 4.96. The molecule has 0 aromatic heterocycles. The first-order valence-electron chi connectivity index (χ1n) is 5.55. The zero-order valence-corrected chi connectivity index (χ0v) is 13.9. The molecule has 2 amide bonds. The maximum atomic E-state index is 12.3. The van der Waals surface area contributed by atoms with Gasteiger partial charge >= 0.3 is 0 Å². The number of hydrogen-bond donors (Lipinski definition) is 0. The Morgan fingerprint density at radius 3 is 1.78 bits per heavy atom. The van der Waals surface area contributed by atoms with E-state index in [-0.39, 0.29) is 11.8 Å². The van der Waals surface area contributed by atoms with Gasteiger partial charge in [-0.15, -0.1) is 0 Å². The van der Waals surface area contributed by atoms with Crippen LogP contribution in [-0.2, 0) is 0 Å². The number of benzene rings is 1. The van der Waals surface area contributed by atoms with Crippen molar-refractivity contribution in [2.24, 2.45) is 0 Å². The standard InChI is InChI=1S/C12H12I2N2O2/c13-5-7-15(8-6-14)16-11(17)9-3-1-2-4-10(9)12(16)18/h1-4H,5-8H2. The van der Waals surface area contributed by atoms with Crippen LogP contribution >= 0.6 is 45.2 Å². The molecule has 0 radical (unpaired) electrons. The number of alkyl halides is 2. The molecular formula is C12H12I2N2O2. The smallest absolute Gasteiger partial charge is 0.267 e. The summed E-state index contributed by atoms with van der Waals surface area (Å²) in [7, 11) is 0. The first-order chi connectivity index (χ1) is 8.70. The molecule has 0 N–H and O–H groups in total. The maximum Gasteiger partial charge on any atom is 0.276 e. The molecule has 1 aliphatic rings. The van der Waals surface area contributed by atoms with E-state index in [1.807, 2.05) is 5.01 Å². The first kappa shape index (κ1) is 14.2. The van der Waals surface area contributed by atoms with Gasteiger partial charge in [0.2, 0.25) is 0 Å². The quantitative estimate of drug-likeness (QED) is 0.377. The summed E-state index contributed by atoms with van der Waals surface area (Å²) in [6.45, 7) is 1.41. The van der Waals surface area contributed by atoms with E-state index in [1.165, 1.54) is 5.01 Å². The van der Waals surface area contributed by atoms with Crippen LogP contribution in [0.3, 0.4) is 0 Å². The van der Waals surface area contributed by atoms with Crippen LogP contribution in [-0.4, -0.2) is 43.8 Å². The van der Waals surface area contributed by atoms with Crippen LogP contribution in [0.15, 0.2) is 24.3 Å². The van der Waals surface area contributed by atoms with Gasteiger partial charge < -0.3 is 0 Å². The third kappa shape index (κ3) is 2.55. The highest BCUT2D eigenvalue weighted by molar-refractivity contribution is 14.1. The number of halogens is 2. The molecule has 18 heavy (non-hydrogen) atoms. The van der Waals surface area contributed by atoms with E-state index in [4.69, 9.17) is 0 Å². The lowest BCUT2D eigenvalue weighted by Gasteiger charge is -2.28. The number of hydrogen-bond acceptors (Lipinski definition) is 3. The van der Waals surface area contributed by atoms with Crippen molar-refractivity contribution >= 4 is 57.0 Å². The van der Waals surface area contributed by atoms with Crippen molar-refractivity contribution < 1.29 is 9.59 Å². The van der Waals surface area contributed by atoms with E-state index >= 15 is 0 Å². The minimum absolute atomic E-state index is 0.203. The number of amides is 2. The molecule has 1 heterocycles. The molecular weight excluding hydrogens is 458 g/mol. The molecule has 0 atom stereocenters. The molecule has 0 bridgehead atoms. The topological polar surface area (TPSA) is 40.6 Å². The molecule has 0 spiro atoms. The first-order valence-corrected chi connectivity index (χ1v) is 8.60. The SMILES string of the molecule is O=C1c2ccccc2C(=O)N1N(CCI)CCI. The van der Waals surface area contributed by atoms with E-state index in [2.05, 4.69) is 45.2 Å². The van der Waals surface area contributed by atoms with Crippen molar-refractivity contribution in [2.45, 2.75) is 0 Å². The van der Waals surface area contributed by atoms with Crippen LogP contribution in [0.25, 0.3) is 0 Å². The van der Waals surface area contributed by atoms with Crippen molar-refractivity contribution in [3.63, 3.8) is 0 Å². The molecule has 0 aliphatic carbocycles. The average molecular weight is 470 g/mol. The number of rotatable bonds is 5. The van der Waals surface area contributed by atoms with E-state index in [0.29, 0.717) is 24.2 Å². The predicted octanol–water partition coefficient (Wildman–Crippen LogP) is 2.37.